The van der Waals surface area contributed by atoms with Crippen LogP contribution < -0.4 is 0 Å². The molecular formula is C20H19Cl2N3O2. The average molecular weight is 404 g/mol. The van der Waals surface area contributed by atoms with Gasteiger partial charge in [0.05, 0.1) is 11.4 Å². The zero-order chi connectivity index (χ0) is 19.0. The Morgan fingerprint density at radius 3 is 2.52 bits per heavy atom. The average Bonchev–Trinajstić information content (AvgIpc) is 3.07. The summed E-state index contributed by atoms with van der Waals surface area (Å²) in [5.41, 5.74) is 2.94. The fraction of sp³-hybridized carbons (Fsp3) is 0.300. The molecule has 0 N–H and O–H groups in total. The van der Waals surface area contributed by atoms with Gasteiger partial charge in [0, 0.05) is 36.8 Å². The molecule has 0 atom stereocenters. The van der Waals surface area contributed by atoms with Crippen LogP contribution in [0.15, 0.2) is 40.8 Å². The van der Waals surface area contributed by atoms with Gasteiger partial charge in [-0.3, -0.25) is 4.79 Å². The van der Waals surface area contributed by atoms with E-state index in [0.29, 0.717) is 33.5 Å². The smallest absolute Gasteiger partial charge is 0.227 e. The van der Waals surface area contributed by atoms with Crippen molar-refractivity contribution in [2.75, 3.05) is 33.2 Å². The highest BCUT2D eigenvalue weighted by Crippen LogP contribution is 2.31. The number of oxazole rings is 1. The van der Waals surface area contributed by atoms with Crippen LogP contribution in [0.2, 0.25) is 10.0 Å². The number of aromatic nitrogens is 1. The van der Waals surface area contributed by atoms with E-state index in [9.17, 15) is 4.79 Å². The van der Waals surface area contributed by atoms with E-state index in [1.165, 1.54) is 0 Å². The van der Waals surface area contributed by atoms with Gasteiger partial charge in [0.25, 0.3) is 0 Å². The third-order valence-corrected chi connectivity index (χ3v) is 5.32. The number of halogens is 2. The van der Waals surface area contributed by atoms with Gasteiger partial charge in [-0.1, -0.05) is 35.3 Å². The molecule has 0 spiro atoms. The first kappa shape index (κ1) is 18.3. The van der Waals surface area contributed by atoms with E-state index in [1.807, 2.05) is 29.2 Å². The van der Waals surface area contributed by atoms with Crippen molar-refractivity contribution >= 4 is 40.2 Å². The molecule has 2 heterocycles. The molecule has 1 fully saturated rings. The van der Waals surface area contributed by atoms with Crippen molar-refractivity contribution < 1.29 is 9.21 Å². The fourth-order valence-electron chi connectivity index (χ4n) is 3.19. The molecule has 0 radical (unpaired) electrons. The quantitative estimate of drug-likeness (QED) is 0.659. The normalized spacial score (nSPS) is 15.4. The first-order valence-electron chi connectivity index (χ1n) is 8.81. The highest BCUT2D eigenvalue weighted by atomic mass is 35.5. The Hall–Kier alpha value is -2.08. The monoisotopic (exact) mass is 403 g/mol. The zero-order valence-electron chi connectivity index (χ0n) is 14.9. The van der Waals surface area contributed by atoms with Crippen molar-refractivity contribution in [1.29, 1.82) is 0 Å². The topological polar surface area (TPSA) is 49.6 Å². The molecule has 0 aliphatic carbocycles. The van der Waals surface area contributed by atoms with Crippen LogP contribution in [0.3, 0.4) is 0 Å². The van der Waals surface area contributed by atoms with Crippen LogP contribution >= 0.6 is 23.2 Å². The number of rotatable bonds is 3. The van der Waals surface area contributed by atoms with E-state index >= 15 is 0 Å². The van der Waals surface area contributed by atoms with Gasteiger partial charge in [0.15, 0.2) is 5.58 Å². The predicted molar refractivity (Wildman–Crippen MR) is 107 cm³/mol. The van der Waals surface area contributed by atoms with E-state index < -0.39 is 0 Å². The molecule has 0 unspecified atom stereocenters. The number of likely N-dealkylation sites (N-methyl/N-ethyl adjacent to an activating group) is 1. The van der Waals surface area contributed by atoms with E-state index in [-0.39, 0.29) is 5.91 Å². The number of hydrogen-bond donors (Lipinski definition) is 0. The van der Waals surface area contributed by atoms with Gasteiger partial charge in [-0.2, -0.15) is 0 Å². The Morgan fingerprint density at radius 1 is 1.11 bits per heavy atom. The summed E-state index contributed by atoms with van der Waals surface area (Å²) in [5, 5.41) is 0.954. The van der Waals surface area contributed by atoms with Crippen LogP contribution in [0.5, 0.6) is 0 Å². The molecule has 0 bridgehead atoms. The SMILES string of the molecule is CN1CCN(C(=O)Cc2ccc(-c3nc4cc(Cl)cc(Cl)c4o3)cc2)CC1. The number of hydrogen-bond acceptors (Lipinski definition) is 4. The van der Waals surface area contributed by atoms with Crippen LogP contribution in [0, 0.1) is 0 Å². The van der Waals surface area contributed by atoms with E-state index in [0.717, 1.165) is 37.3 Å². The molecule has 2 aromatic carbocycles. The Labute approximate surface area is 167 Å². The molecule has 4 rings (SSSR count). The van der Waals surface area contributed by atoms with Crippen molar-refractivity contribution in [2.45, 2.75) is 6.42 Å². The second-order valence-corrected chi connectivity index (χ2v) is 7.66. The van der Waals surface area contributed by atoms with Gasteiger partial charge in [0.1, 0.15) is 5.52 Å². The largest absolute Gasteiger partial charge is 0.435 e. The van der Waals surface area contributed by atoms with Crippen LogP contribution in [0.1, 0.15) is 5.56 Å². The number of carbonyl (C=O) groups is 1. The summed E-state index contributed by atoms with van der Waals surface area (Å²) in [7, 11) is 2.08. The second-order valence-electron chi connectivity index (χ2n) is 6.81. The van der Waals surface area contributed by atoms with Crippen molar-refractivity contribution in [1.82, 2.24) is 14.8 Å². The molecule has 1 aliphatic rings. The van der Waals surface area contributed by atoms with Crippen LogP contribution in [-0.2, 0) is 11.2 Å². The number of piperazine rings is 1. The van der Waals surface area contributed by atoms with Gasteiger partial charge < -0.3 is 14.2 Å². The molecular weight excluding hydrogens is 385 g/mol. The Morgan fingerprint density at radius 2 is 1.81 bits per heavy atom. The van der Waals surface area contributed by atoms with Crippen LogP contribution in [0.25, 0.3) is 22.6 Å². The van der Waals surface area contributed by atoms with Crippen LogP contribution in [0.4, 0.5) is 0 Å². The minimum absolute atomic E-state index is 0.166. The summed E-state index contributed by atoms with van der Waals surface area (Å²) in [6.07, 6.45) is 0.402. The summed E-state index contributed by atoms with van der Waals surface area (Å²) >= 11 is 12.2. The third-order valence-electron chi connectivity index (χ3n) is 4.82. The van der Waals surface area contributed by atoms with Gasteiger partial charge in [0.2, 0.25) is 11.8 Å². The van der Waals surface area contributed by atoms with E-state index in [2.05, 4.69) is 16.9 Å². The van der Waals surface area contributed by atoms with Gasteiger partial charge in [-0.25, -0.2) is 4.98 Å². The number of fused-ring (bicyclic) bond motifs is 1. The lowest BCUT2D eigenvalue weighted by atomic mass is 10.1. The second kappa shape index (κ2) is 7.50. The molecule has 1 saturated heterocycles. The van der Waals surface area contributed by atoms with Gasteiger partial charge in [-0.05, 0) is 36.9 Å². The molecule has 27 heavy (non-hydrogen) atoms. The first-order valence-corrected chi connectivity index (χ1v) is 9.56. The molecule has 3 aromatic rings. The maximum Gasteiger partial charge on any atom is 0.227 e. The molecule has 7 heteroatoms. The number of carbonyl (C=O) groups excluding carboxylic acids is 1. The number of nitrogens with zero attached hydrogens (tertiary/aromatic N) is 3. The van der Waals surface area contributed by atoms with E-state index in [1.54, 1.807) is 12.1 Å². The highest BCUT2D eigenvalue weighted by molar-refractivity contribution is 6.38. The van der Waals surface area contributed by atoms with Crippen molar-refractivity contribution in [3.05, 3.63) is 52.0 Å². The lowest BCUT2D eigenvalue weighted by Gasteiger charge is -2.32. The van der Waals surface area contributed by atoms with Crippen molar-refractivity contribution in [3.8, 4) is 11.5 Å². The number of amides is 1. The predicted octanol–water partition coefficient (Wildman–Crippen LogP) is 4.12. The van der Waals surface area contributed by atoms with Crippen molar-refractivity contribution in [3.63, 3.8) is 0 Å². The highest BCUT2D eigenvalue weighted by Gasteiger charge is 2.19. The Kier molecular flexibility index (Phi) is 5.08. The standard InChI is InChI=1S/C20H19Cl2N3O2/c1-24-6-8-25(9-7-24)18(26)10-13-2-4-14(5-3-13)20-23-17-12-15(21)11-16(22)19(17)27-20/h2-5,11-12H,6-10H2,1H3. The van der Waals surface area contributed by atoms with Gasteiger partial charge >= 0.3 is 0 Å². The van der Waals surface area contributed by atoms with Crippen LogP contribution in [-0.4, -0.2) is 53.9 Å². The van der Waals surface area contributed by atoms with E-state index in [4.69, 9.17) is 27.6 Å². The molecule has 1 aromatic heterocycles. The van der Waals surface area contributed by atoms with Gasteiger partial charge in [-0.15, -0.1) is 0 Å². The summed E-state index contributed by atoms with van der Waals surface area (Å²) in [5.74, 6) is 0.644. The third kappa shape index (κ3) is 3.95. The Balaban J connectivity index is 1.49. The molecule has 1 amide bonds. The fourth-order valence-corrected chi connectivity index (χ4v) is 3.71. The first-order chi connectivity index (χ1) is 13.0. The summed E-state index contributed by atoms with van der Waals surface area (Å²) in [4.78, 5) is 21.1. The van der Waals surface area contributed by atoms with Crippen molar-refractivity contribution in [2.24, 2.45) is 0 Å². The Bertz CT molecular complexity index is 977. The summed E-state index contributed by atoms with van der Waals surface area (Å²) in [6.45, 7) is 3.43. The zero-order valence-corrected chi connectivity index (χ0v) is 16.4. The number of benzene rings is 2. The minimum Gasteiger partial charge on any atom is -0.435 e. The summed E-state index contributed by atoms with van der Waals surface area (Å²) < 4.78 is 5.78. The molecule has 0 saturated carbocycles. The lowest BCUT2D eigenvalue weighted by Crippen LogP contribution is -2.47. The molecule has 140 valence electrons. The molecule has 1 aliphatic heterocycles. The molecule has 5 nitrogen and oxygen atoms in total. The maximum atomic E-state index is 12.5. The minimum atomic E-state index is 0.166. The lowest BCUT2D eigenvalue weighted by molar-refractivity contribution is -0.132. The maximum absolute atomic E-state index is 12.5. The summed E-state index contributed by atoms with van der Waals surface area (Å²) in [6, 6.07) is 11.0.